The standard InChI is InChI=1S/C19H28N4S/c1-14(2)21-9-11-23-10-3-5-15-13-16(7-8-17(15)23)22-19(20)18-6-4-12-24-18/h6-8,13-14,21H,3-5,9-12H2,1-2H3,(H2,20,22). The largest absolute Gasteiger partial charge is 0.383 e. The summed E-state index contributed by atoms with van der Waals surface area (Å²) >= 11 is 1.80. The molecule has 3 N–H and O–H groups in total. The summed E-state index contributed by atoms with van der Waals surface area (Å²) in [5.41, 5.74) is 9.88. The molecule has 1 aromatic rings. The first-order chi connectivity index (χ1) is 11.6. The van der Waals surface area contributed by atoms with Crippen molar-refractivity contribution in [3.63, 3.8) is 0 Å². The number of amidine groups is 1. The molecule has 0 unspecified atom stereocenters. The fourth-order valence-electron chi connectivity index (χ4n) is 3.24. The molecule has 0 saturated carbocycles. The van der Waals surface area contributed by atoms with Crippen molar-refractivity contribution in [1.82, 2.24) is 5.32 Å². The molecule has 2 heterocycles. The summed E-state index contributed by atoms with van der Waals surface area (Å²) in [5, 5.41) is 3.50. The van der Waals surface area contributed by atoms with Gasteiger partial charge in [-0.3, -0.25) is 0 Å². The van der Waals surface area contributed by atoms with Crippen LogP contribution >= 0.6 is 11.8 Å². The number of anilines is 1. The number of aliphatic imine (C=N–C) groups is 1. The van der Waals surface area contributed by atoms with Gasteiger partial charge in [0, 0.05) is 42.0 Å². The van der Waals surface area contributed by atoms with Crippen molar-refractivity contribution in [1.29, 1.82) is 0 Å². The molecule has 0 amide bonds. The number of thioether (sulfide) groups is 1. The summed E-state index contributed by atoms with van der Waals surface area (Å²) in [4.78, 5) is 8.25. The third kappa shape index (κ3) is 4.33. The van der Waals surface area contributed by atoms with Gasteiger partial charge in [-0.25, -0.2) is 4.99 Å². The molecule has 0 atom stereocenters. The molecule has 2 aliphatic rings. The number of nitrogens with zero attached hydrogens (tertiary/aromatic N) is 2. The molecule has 1 aromatic carbocycles. The highest BCUT2D eigenvalue weighted by molar-refractivity contribution is 8.04. The lowest BCUT2D eigenvalue weighted by atomic mass is 10.0. The highest BCUT2D eigenvalue weighted by Gasteiger charge is 2.17. The molecule has 0 bridgehead atoms. The third-order valence-electron chi connectivity index (χ3n) is 4.42. The quantitative estimate of drug-likeness (QED) is 0.613. The van der Waals surface area contributed by atoms with Crippen molar-refractivity contribution < 1.29 is 0 Å². The zero-order chi connectivity index (χ0) is 16.9. The number of rotatable bonds is 6. The van der Waals surface area contributed by atoms with Crippen molar-refractivity contribution in [2.24, 2.45) is 10.7 Å². The van der Waals surface area contributed by atoms with Crippen LogP contribution in [0.1, 0.15) is 32.3 Å². The Morgan fingerprint density at radius 1 is 1.42 bits per heavy atom. The number of aryl methyl sites for hydroxylation is 1. The zero-order valence-corrected chi connectivity index (χ0v) is 15.5. The van der Waals surface area contributed by atoms with Gasteiger partial charge in [0.2, 0.25) is 0 Å². The lowest BCUT2D eigenvalue weighted by molar-refractivity contribution is 0.572. The molecular formula is C19H28N4S. The number of allylic oxidation sites excluding steroid dienone is 1. The van der Waals surface area contributed by atoms with E-state index in [1.54, 1.807) is 11.8 Å². The molecule has 24 heavy (non-hydrogen) atoms. The first kappa shape index (κ1) is 17.4. The monoisotopic (exact) mass is 344 g/mol. The van der Waals surface area contributed by atoms with E-state index < -0.39 is 0 Å². The molecule has 0 radical (unpaired) electrons. The van der Waals surface area contributed by atoms with Gasteiger partial charge in [0.1, 0.15) is 5.84 Å². The van der Waals surface area contributed by atoms with Gasteiger partial charge >= 0.3 is 0 Å². The minimum absolute atomic E-state index is 0.539. The van der Waals surface area contributed by atoms with Crippen LogP contribution in [0.2, 0.25) is 0 Å². The van der Waals surface area contributed by atoms with Crippen molar-refractivity contribution in [3.05, 3.63) is 34.7 Å². The predicted octanol–water partition coefficient (Wildman–Crippen LogP) is 3.45. The molecule has 0 aliphatic carbocycles. The first-order valence-electron chi connectivity index (χ1n) is 8.92. The molecule has 0 aromatic heterocycles. The number of hydrogen-bond acceptors (Lipinski definition) is 4. The summed E-state index contributed by atoms with van der Waals surface area (Å²) in [5.74, 6) is 1.78. The topological polar surface area (TPSA) is 53.6 Å². The summed E-state index contributed by atoms with van der Waals surface area (Å²) in [7, 11) is 0. The SMILES string of the molecule is CC(C)NCCN1CCCc2cc(N=C(N)C3=CCCS3)ccc21. The number of hydrogen-bond donors (Lipinski definition) is 2. The average molecular weight is 345 g/mol. The van der Waals surface area contributed by atoms with Gasteiger partial charge in [0.25, 0.3) is 0 Å². The van der Waals surface area contributed by atoms with Crippen LogP contribution in [0.15, 0.2) is 34.2 Å². The van der Waals surface area contributed by atoms with Gasteiger partial charge < -0.3 is 16.0 Å². The van der Waals surface area contributed by atoms with Gasteiger partial charge in [-0.05, 0) is 43.0 Å². The maximum Gasteiger partial charge on any atom is 0.137 e. The number of nitrogens with two attached hydrogens (primary N) is 1. The van der Waals surface area contributed by atoms with Gasteiger partial charge in [-0.2, -0.15) is 0 Å². The number of benzene rings is 1. The van der Waals surface area contributed by atoms with Crippen LogP contribution in [0.25, 0.3) is 0 Å². The second-order valence-electron chi connectivity index (χ2n) is 6.71. The Bertz CT molecular complexity index is 636. The van der Waals surface area contributed by atoms with Crippen LogP contribution in [0.4, 0.5) is 11.4 Å². The lowest BCUT2D eigenvalue weighted by Gasteiger charge is -2.31. The second kappa shape index (κ2) is 8.08. The Labute approximate surface area is 149 Å². The van der Waals surface area contributed by atoms with Crippen molar-refractivity contribution in [2.45, 2.75) is 39.2 Å². The predicted molar refractivity (Wildman–Crippen MR) is 107 cm³/mol. The van der Waals surface area contributed by atoms with E-state index in [1.165, 1.54) is 17.7 Å². The summed E-state index contributed by atoms with van der Waals surface area (Å²) in [6.45, 7) is 7.60. The Morgan fingerprint density at radius 2 is 2.29 bits per heavy atom. The van der Waals surface area contributed by atoms with E-state index in [2.05, 4.69) is 53.3 Å². The molecule has 5 heteroatoms. The Balaban J connectivity index is 1.72. The van der Waals surface area contributed by atoms with Gasteiger partial charge in [0.15, 0.2) is 0 Å². The van der Waals surface area contributed by atoms with E-state index >= 15 is 0 Å². The normalized spacial score (nSPS) is 18.0. The van der Waals surface area contributed by atoms with Crippen LogP contribution in [-0.2, 0) is 6.42 Å². The maximum atomic E-state index is 6.15. The van der Waals surface area contributed by atoms with E-state index in [-0.39, 0.29) is 0 Å². The molecule has 2 aliphatic heterocycles. The first-order valence-corrected chi connectivity index (χ1v) is 9.91. The van der Waals surface area contributed by atoms with E-state index in [9.17, 15) is 0 Å². The highest BCUT2D eigenvalue weighted by atomic mass is 32.2. The molecule has 0 fully saturated rings. The minimum Gasteiger partial charge on any atom is -0.383 e. The maximum absolute atomic E-state index is 6.15. The van der Waals surface area contributed by atoms with Crippen molar-refractivity contribution in [2.75, 3.05) is 30.3 Å². The minimum atomic E-state index is 0.539. The lowest BCUT2D eigenvalue weighted by Crippen LogP contribution is -2.37. The molecule has 0 spiro atoms. The van der Waals surface area contributed by atoms with Gasteiger partial charge in [-0.15, -0.1) is 11.8 Å². The Kier molecular flexibility index (Phi) is 5.85. The average Bonchev–Trinajstić information content (AvgIpc) is 3.09. The molecule has 3 rings (SSSR count). The fraction of sp³-hybridized carbons (Fsp3) is 0.526. The zero-order valence-electron chi connectivity index (χ0n) is 14.7. The van der Waals surface area contributed by atoms with E-state index in [0.29, 0.717) is 11.9 Å². The van der Waals surface area contributed by atoms with Crippen LogP contribution < -0.4 is 16.0 Å². The third-order valence-corrected chi connectivity index (χ3v) is 5.55. The van der Waals surface area contributed by atoms with Crippen LogP contribution in [0, 0.1) is 0 Å². The van der Waals surface area contributed by atoms with Crippen LogP contribution in [-0.4, -0.2) is 37.3 Å². The number of fused-ring (bicyclic) bond motifs is 1. The van der Waals surface area contributed by atoms with Gasteiger partial charge in [0.05, 0.1) is 5.69 Å². The molecule has 4 nitrogen and oxygen atoms in total. The van der Waals surface area contributed by atoms with Gasteiger partial charge in [-0.1, -0.05) is 19.9 Å². The molecule has 130 valence electrons. The molecule has 0 saturated heterocycles. The highest BCUT2D eigenvalue weighted by Crippen LogP contribution is 2.31. The summed E-state index contributed by atoms with van der Waals surface area (Å²) in [6.07, 6.45) is 5.62. The van der Waals surface area contributed by atoms with Crippen LogP contribution in [0.3, 0.4) is 0 Å². The summed E-state index contributed by atoms with van der Waals surface area (Å²) < 4.78 is 0. The Hall–Kier alpha value is -1.46. The van der Waals surface area contributed by atoms with E-state index in [4.69, 9.17) is 5.73 Å². The Morgan fingerprint density at radius 3 is 3.04 bits per heavy atom. The number of nitrogens with one attached hydrogen (secondary N) is 1. The smallest absolute Gasteiger partial charge is 0.137 e. The van der Waals surface area contributed by atoms with Crippen molar-refractivity contribution in [3.8, 4) is 0 Å². The van der Waals surface area contributed by atoms with E-state index in [0.717, 1.165) is 48.8 Å². The summed E-state index contributed by atoms with van der Waals surface area (Å²) in [6, 6.07) is 7.06. The van der Waals surface area contributed by atoms with Crippen LogP contribution in [0.5, 0.6) is 0 Å². The van der Waals surface area contributed by atoms with Crippen molar-refractivity contribution >= 4 is 29.0 Å². The van der Waals surface area contributed by atoms with E-state index in [1.807, 2.05) is 0 Å². The fourth-order valence-corrected chi connectivity index (χ4v) is 4.13. The molecular weight excluding hydrogens is 316 g/mol. The second-order valence-corrected chi connectivity index (χ2v) is 7.85.